The Morgan fingerprint density at radius 1 is 1.59 bits per heavy atom. The number of aromatic nitrogens is 2. The lowest BCUT2D eigenvalue weighted by atomic mass is 10.3. The number of nitrogens with one attached hydrogen (secondary N) is 2. The predicted octanol–water partition coefficient (Wildman–Crippen LogP) is 1.35. The van der Waals surface area contributed by atoms with Gasteiger partial charge in [-0.25, -0.2) is 0 Å². The largest absolute Gasteiger partial charge is 0.386 e. The van der Waals surface area contributed by atoms with Crippen LogP contribution < -0.4 is 10.2 Å². The molecule has 0 aromatic carbocycles. The molecule has 0 spiro atoms. The number of nitrogens with zero attached hydrogens (tertiary/aromatic N) is 2. The van der Waals surface area contributed by atoms with E-state index in [-0.39, 0.29) is 10.7 Å². The van der Waals surface area contributed by atoms with Gasteiger partial charge in [-0.3, -0.25) is 4.79 Å². The van der Waals surface area contributed by atoms with E-state index in [0.717, 1.165) is 11.3 Å². The fourth-order valence-corrected chi connectivity index (χ4v) is 1.85. The molecule has 7 nitrogen and oxygen atoms in total. The van der Waals surface area contributed by atoms with E-state index in [1.807, 2.05) is 0 Å². The van der Waals surface area contributed by atoms with Crippen LogP contribution in [0.25, 0.3) is 0 Å². The number of pyridine rings is 1. The van der Waals surface area contributed by atoms with Gasteiger partial charge in [0.25, 0.3) is 0 Å². The van der Waals surface area contributed by atoms with Crippen LogP contribution in [-0.4, -0.2) is 14.9 Å². The molecular weight excluding hydrogens is 244 g/mol. The maximum Gasteiger partial charge on any atom is 0.386 e. The van der Waals surface area contributed by atoms with Gasteiger partial charge in [0.2, 0.25) is 0 Å². The van der Waals surface area contributed by atoms with Gasteiger partial charge in [0.15, 0.2) is 0 Å². The highest BCUT2D eigenvalue weighted by atomic mass is 32.1. The van der Waals surface area contributed by atoms with Crippen molar-refractivity contribution in [3.8, 4) is 0 Å². The third-order valence-corrected chi connectivity index (χ3v) is 2.72. The van der Waals surface area contributed by atoms with Crippen LogP contribution in [0.1, 0.15) is 5.69 Å². The molecule has 0 aliphatic rings. The number of aromatic amines is 1. The number of hydrogen-bond acceptors (Lipinski definition) is 6. The number of nitro groups is 1. The molecule has 0 saturated carbocycles. The minimum Gasteiger partial charge on any atom is -0.373 e. The van der Waals surface area contributed by atoms with E-state index in [4.69, 9.17) is 0 Å². The van der Waals surface area contributed by atoms with E-state index in [9.17, 15) is 14.9 Å². The number of rotatable bonds is 4. The summed E-state index contributed by atoms with van der Waals surface area (Å²) in [6.07, 6.45) is 1.36. The maximum absolute atomic E-state index is 10.9. The molecule has 0 aliphatic heterocycles. The summed E-state index contributed by atoms with van der Waals surface area (Å²) in [4.78, 5) is 27.1. The first kappa shape index (κ1) is 11.3. The van der Waals surface area contributed by atoms with E-state index in [2.05, 4.69) is 15.3 Å². The molecule has 2 heterocycles. The summed E-state index contributed by atoms with van der Waals surface area (Å²) in [5.74, 6) is -0.231. The minimum absolute atomic E-state index is 0.150. The monoisotopic (exact) mass is 252 g/mol. The van der Waals surface area contributed by atoms with Crippen molar-refractivity contribution in [3.05, 3.63) is 49.2 Å². The molecule has 0 saturated heterocycles. The lowest BCUT2D eigenvalue weighted by molar-refractivity contribution is -0.388. The molecule has 17 heavy (non-hydrogen) atoms. The van der Waals surface area contributed by atoms with Crippen LogP contribution >= 0.6 is 11.3 Å². The van der Waals surface area contributed by atoms with Gasteiger partial charge in [0.1, 0.15) is 11.9 Å². The highest BCUT2D eigenvalue weighted by Gasteiger charge is 2.13. The third-order valence-electron chi connectivity index (χ3n) is 2.00. The van der Waals surface area contributed by atoms with E-state index < -0.39 is 4.92 Å². The molecule has 2 rings (SSSR count). The lowest BCUT2D eigenvalue weighted by Crippen LogP contribution is -2.05. The second-order valence-electron chi connectivity index (χ2n) is 3.16. The Labute approximate surface area is 99.3 Å². The fourth-order valence-electron chi connectivity index (χ4n) is 1.27. The smallest absolute Gasteiger partial charge is 0.373 e. The summed E-state index contributed by atoms with van der Waals surface area (Å²) in [5.41, 5.74) is 1.00. The van der Waals surface area contributed by atoms with E-state index in [1.54, 1.807) is 17.5 Å². The van der Waals surface area contributed by atoms with Crippen molar-refractivity contribution in [3.63, 3.8) is 0 Å². The van der Waals surface area contributed by atoms with Gasteiger partial charge in [0.05, 0.1) is 6.54 Å². The van der Waals surface area contributed by atoms with Crippen molar-refractivity contribution in [1.29, 1.82) is 0 Å². The van der Waals surface area contributed by atoms with Crippen LogP contribution in [-0.2, 0) is 6.54 Å². The van der Waals surface area contributed by atoms with Gasteiger partial charge in [-0.15, -0.1) is 0 Å². The Morgan fingerprint density at radius 3 is 3.06 bits per heavy atom. The van der Waals surface area contributed by atoms with Crippen LogP contribution in [0.2, 0.25) is 0 Å². The lowest BCUT2D eigenvalue weighted by Gasteiger charge is -2.04. The zero-order valence-electron chi connectivity index (χ0n) is 8.54. The first-order chi connectivity index (χ1) is 8.16. The van der Waals surface area contributed by atoms with Crippen molar-refractivity contribution in [2.24, 2.45) is 0 Å². The van der Waals surface area contributed by atoms with Crippen molar-refractivity contribution in [1.82, 2.24) is 9.97 Å². The summed E-state index contributed by atoms with van der Waals surface area (Å²) >= 11 is 1.05. The van der Waals surface area contributed by atoms with Gasteiger partial charge in [0, 0.05) is 11.1 Å². The second-order valence-corrected chi connectivity index (χ2v) is 4.00. The summed E-state index contributed by atoms with van der Waals surface area (Å²) in [5, 5.41) is 15.2. The van der Waals surface area contributed by atoms with Crippen LogP contribution in [0.3, 0.4) is 0 Å². The average Bonchev–Trinajstić information content (AvgIpc) is 2.73. The first-order valence-corrected chi connectivity index (χ1v) is 5.55. The predicted molar refractivity (Wildman–Crippen MR) is 63.2 cm³/mol. The third kappa shape index (κ3) is 2.67. The summed E-state index contributed by atoms with van der Waals surface area (Å²) in [6, 6.07) is 3.17. The van der Waals surface area contributed by atoms with Crippen molar-refractivity contribution in [2.75, 3.05) is 5.32 Å². The normalized spacial score (nSPS) is 10.1. The van der Waals surface area contributed by atoms with Gasteiger partial charge in [-0.2, -0.15) is 0 Å². The molecule has 2 aromatic heterocycles. The van der Waals surface area contributed by atoms with E-state index in [1.165, 1.54) is 6.20 Å². The van der Waals surface area contributed by atoms with E-state index >= 15 is 0 Å². The Balaban J connectivity index is 2.14. The topological polar surface area (TPSA) is 101 Å². The Kier molecular flexibility index (Phi) is 3.15. The highest BCUT2D eigenvalue weighted by molar-refractivity contribution is 7.07. The molecule has 8 heteroatoms. The molecule has 2 N–H and O–H groups in total. The molecule has 88 valence electrons. The summed E-state index contributed by atoms with van der Waals surface area (Å²) in [6.45, 7) is 0.311. The Morgan fingerprint density at radius 2 is 2.41 bits per heavy atom. The molecule has 0 aliphatic carbocycles. The zero-order valence-corrected chi connectivity index (χ0v) is 9.36. The van der Waals surface area contributed by atoms with Crippen molar-refractivity contribution >= 4 is 22.8 Å². The van der Waals surface area contributed by atoms with Crippen LogP contribution in [0.5, 0.6) is 0 Å². The molecule has 2 aromatic rings. The summed E-state index contributed by atoms with van der Waals surface area (Å²) in [7, 11) is 0. The van der Waals surface area contributed by atoms with Crippen molar-refractivity contribution in [2.45, 2.75) is 6.54 Å². The van der Waals surface area contributed by atoms with Gasteiger partial charge < -0.3 is 20.4 Å². The van der Waals surface area contributed by atoms with Gasteiger partial charge in [-0.1, -0.05) is 11.3 Å². The van der Waals surface area contributed by atoms with E-state index in [0.29, 0.717) is 17.9 Å². The maximum atomic E-state index is 10.9. The fraction of sp³-hybridized carbons (Fsp3) is 0.111. The standard InChI is InChI=1S/C9H8N4O3S/c14-9-12-6(5-17-9)4-11-7-2-1-3-10-8(7)13(15)16/h1-3,5,11H,4H2,(H,12,14). The number of H-pyrrole nitrogens is 1. The quantitative estimate of drug-likeness (QED) is 0.631. The Hall–Kier alpha value is -2.22. The van der Waals surface area contributed by atoms with Gasteiger partial charge in [-0.05, 0) is 22.0 Å². The number of hydrogen-bond donors (Lipinski definition) is 2. The second kappa shape index (κ2) is 4.74. The van der Waals surface area contributed by atoms with Crippen LogP contribution in [0.4, 0.5) is 11.5 Å². The first-order valence-electron chi connectivity index (χ1n) is 4.67. The highest BCUT2D eigenvalue weighted by Crippen LogP contribution is 2.20. The number of anilines is 1. The SMILES string of the molecule is O=c1[nH]c(CNc2cccnc2[N+](=O)[O-])cs1. The molecule has 0 amide bonds. The molecule has 0 atom stereocenters. The molecule has 0 fully saturated rings. The minimum atomic E-state index is -0.557. The number of thiazole rings is 1. The zero-order chi connectivity index (χ0) is 12.3. The average molecular weight is 252 g/mol. The van der Waals surface area contributed by atoms with Gasteiger partial charge >= 0.3 is 10.7 Å². The molecule has 0 radical (unpaired) electrons. The van der Waals surface area contributed by atoms with Crippen LogP contribution in [0.15, 0.2) is 28.5 Å². The molecule has 0 bridgehead atoms. The Bertz CT molecular complexity index is 592. The summed E-state index contributed by atoms with van der Waals surface area (Å²) < 4.78 is 0. The molecular formula is C9H8N4O3S. The molecule has 0 unspecified atom stereocenters. The van der Waals surface area contributed by atoms with Crippen LogP contribution in [0, 0.1) is 10.1 Å². The van der Waals surface area contributed by atoms with Crippen molar-refractivity contribution < 1.29 is 4.92 Å².